The molecule has 0 heterocycles. The molecular weight excluding hydrogens is 372 g/mol. The van der Waals surface area contributed by atoms with Gasteiger partial charge in [0.25, 0.3) is 0 Å². The lowest BCUT2D eigenvalue weighted by Gasteiger charge is -2.62. The zero-order valence-electron chi connectivity index (χ0n) is 20.2. The molecule has 30 heavy (non-hydrogen) atoms. The van der Waals surface area contributed by atoms with Gasteiger partial charge in [-0.15, -0.1) is 0 Å². The summed E-state index contributed by atoms with van der Waals surface area (Å²) in [4.78, 5) is 11.2. The molecule has 0 amide bonds. The van der Waals surface area contributed by atoms with E-state index in [4.69, 9.17) is 0 Å². The van der Waals surface area contributed by atoms with Gasteiger partial charge in [-0.3, -0.25) is 4.79 Å². The maximum atomic E-state index is 11.2. The van der Waals surface area contributed by atoms with Crippen molar-refractivity contribution in [1.29, 1.82) is 0 Å². The molecule has 0 unspecified atom stereocenters. The number of fused-ring (bicyclic) bond motifs is 4. The predicted molar refractivity (Wildman–Crippen MR) is 121 cm³/mol. The van der Waals surface area contributed by atoms with Crippen LogP contribution in [0.1, 0.15) is 106 Å². The van der Waals surface area contributed by atoms with Crippen LogP contribution in [0.25, 0.3) is 0 Å². The van der Waals surface area contributed by atoms with Crippen molar-refractivity contribution in [2.24, 2.45) is 39.4 Å². The number of carboxylic acid groups (broad SMARTS) is 1. The van der Waals surface area contributed by atoms with Crippen molar-refractivity contribution in [3.05, 3.63) is 11.1 Å². The second-order valence-corrected chi connectivity index (χ2v) is 12.6. The van der Waals surface area contributed by atoms with E-state index >= 15 is 0 Å². The highest BCUT2D eigenvalue weighted by molar-refractivity contribution is 5.66. The summed E-state index contributed by atoms with van der Waals surface area (Å²) >= 11 is 0. The number of hydrogen-bond donors (Lipinski definition) is 2. The van der Waals surface area contributed by atoms with E-state index < -0.39 is 5.97 Å². The van der Waals surface area contributed by atoms with Crippen molar-refractivity contribution < 1.29 is 15.0 Å². The van der Waals surface area contributed by atoms with Gasteiger partial charge < -0.3 is 10.2 Å². The lowest BCUT2D eigenvalue weighted by Crippen LogP contribution is -2.55. The fourth-order valence-electron chi connectivity index (χ4n) is 9.18. The summed E-state index contributed by atoms with van der Waals surface area (Å²) in [5.74, 6) is 1.03. The molecule has 0 aromatic carbocycles. The predicted octanol–water partition coefficient (Wildman–Crippen LogP) is 6.60. The molecule has 0 saturated heterocycles. The lowest BCUT2D eigenvalue weighted by atomic mass is 9.43. The fourth-order valence-corrected chi connectivity index (χ4v) is 9.18. The Balaban J connectivity index is 1.68. The number of rotatable bonds is 4. The van der Waals surface area contributed by atoms with Gasteiger partial charge in [-0.05, 0) is 97.2 Å². The van der Waals surface area contributed by atoms with E-state index in [1.165, 1.54) is 38.5 Å². The molecule has 4 rings (SSSR count). The molecule has 2 saturated carbocycles. The number of aliphatic carboxylic acids is 1. The standard InChI is InChI=1S/C27H44O3/c1-17(7-10-23(29)30)18-11-15-27(6)20-8-9-21-24(2,3)22(28)13-14-25(21,4)19(20)12-16-26(18,27)5/h17-18,21-22,28H,7-16H2,1-6H3,(H,29,30)/t17-,18-,21+,22+,25-,26-,27+/m1/s1. The minimum Gasteiger partial charge on any atom is -0.481 e. The average molecular weight is 417 g/mol. The summed E-state index contributed by atoms with van der Waals surface area (Å²) in [6.07, 6.45) is 10.4. The number of hydrogen-bond acceptors (Lipinski definition) is 2. The van der Waals surface area contributed by atoms with E-state index in [1.54, 1.807) is 11.1 Å². The van der Waals surface area contributed by atoms with E-state index in [0.717, 1.165) is 19.3 Å². The Morgan fingerprint density at radius 2 is 1.70 bits per heavy atom. The smallest absolute Gasteiger partial charge is 0.303 e. The Morgan fingerprint density at radius 3 is 2.37 bits per heavy atom. The van der Waals surface area contributed by atoms with Gasteiger partial charge in [0.1, 0.15) is 0 Å². The Labute approximate surface area is 183 Å². The molecule has 4 aliphatic rings. The molecule has 0 aliphatic heterocycles. The molecule has 4 aliphatic carbocycles. The highest BCUT2D eigenvalue weighted by Crippen LogP contribution is 2.72. The molecule has 7 atom stereocenters. The van der Waals surface area contributed by atoms with Crippen LogP contribution in [0.3, 0.4) is 0 Å². The first-order valence-electron chi connectivity index (χ1n) is 12.5. The lowest BCUT2D eigenvalue weighted by molar-refractivity contribution is -0.137. The van der Waals surface area contributed by atoms with Gasteiger partial charge in [-0.2, -0.15) is 0 Å². The summed E-state index contributed by atoms with van der Waals surface area (Å²) in [5, 5.41) is 19.9. The maximum Gasteiger partial charge on any atom is 0.303 e. The van der Waals surface area contributed by atoms with E-state index in [0.29, 0.717) is 24.2 Å². The highest BCUT2D eigenvalue weighted by Gasteiger charge is 2.63. The van der Waals surface area contributed by atoms with Crippen LogP contribution >= 0.6 is 0 Å². The Morgan fingerprint density at radius 1 is 1.00 bits per heavy atom. The quantitative estimate of drug-likeness (QED) is 0.508. The Hall–Kier alpha value is -0.830. The molecule has 0 bridgehead atoms. The zero-order valence-corrected chi connectivity index (χ0v) is 20.2. The van der Waals surface area contributed by atoms with Crippen LogP contribution in [0, 0.1) is 39.4 Å². The average Bonchev–Trinajstić information content (AvgIpc) is 2.95. The van der Waals surface area contributed by atoms with Gasteiger partial charge >= 0.3 is 5.97 Å². The Bertz CT molecular complexity index is 751. The van der Waals surface area contributed by atoms with Crippen LogP contribution in [-0.2, 0) is 4.79 Å². The van der Waals surface area contributed by atoms with Gasteiger partial charge in [0.2, 0.25) is 0 Å². The summed E-state index contributed by atoms with van der Waals surface area (Å²) < 4.78 is 0. The monoisotopic (exact) mass is 416 g/mol. The van der Waals surface area contributed by atoms with Crippen molar-refractivity contribution in [3.8, 4) is 0 Å². The summed E-state index contributed by atoms with van der Waals surface area (Å²) in [6, 6.07) is 0. The molecule has 3 heteroatoms. The maximum absolute atomic E-state index is 11.2. The first-order valence-corrected chi connectivity index (χ1v) is 12.5. The first-order chi connectivity index (χ1) is 13.9. The normalized spacial score (nSPS) is 46.0. The fraction of sp³-hybridized carbons (Fsp3) is 0.889. The van der Waals surface area contributed by atoms with Crippen LogP contribution in [0.15, 0.2) is 11.1 Å². The van der Waals surface area contributed by atoms with Crippen molar-refractivity contribution >= 4 is 5.97 Å². The van der Waals surface area contributed by atoms with Crippen LogP contribution in [0.4, 0.5) is 0 Å². The van der Waals surface area contributed by atoms with Crippen molar-refractivity contribution in [2.45, 2.75) is 112 Å². The SMILES string of the molecule is C[C@H](CCC(=O)O)[C@H]1CC[C@@]2(C)C3=C(CC[C@]12C)[C@@]1(C)CC[C@H](O)C(C)(C)[C@@H]1CC3. The molecule has 0 radical (unpaired) electrons. The topological polar surface area (TPSA) is 57.5 Å². The molecule has 0 spiro atoms. The van der Waals surface area contributed by atoms with Gasteiger partial charge in [0.15, 0.2) is 0 Å². The van der Waals surface area contributed by atoms with Crippen molar-refractivity contribution in [1.82, 2.24) is 0 Å². The van der Waals surface area contributed by atoms with Gasteiger partial charge in [-0.25, -0.2) is 0 Å². The number of aliphatic hydroxyl groups excluding tert-OH is 1. The van der Waals surface area contributed by atoms with Gasteiger partial charge in [0.05, 0.1) is 6.10 Å². The highest BCUT2D eigenvalue weighted by atomic mass is 16.4. The molecule has 2 N–H and O–H groups in total. The molecule has 0 aromatic heterocycles. The second-order valence-electron chi connectivity index (χ2n) is 12.6. The summed E-state index contributed by atoms with van der Waals surface area (Å²) in [6.45, 7) is 14.5. The molecule has 2 fully saturated rings. The summed E-state index contributed by atoms with van der Waals surface area (Å²) in [5.41, 5.74) is 4.32. The number of carbonyl (C=O) groups is 1. The number of allylic oxidation sites excluding steroid dienone is 2. The molecular formula is C27H44O3. The zero-order chi connectivity index (χ0) is 22.1. The van der Waals surface area contributed by atoms with Crippen LogP contribution < -0.4 is 0 Å². The van der Waals surface area contributed by atoms with Crippen LogP contribution in [-0.4, -0.2) is 22.3 Å². The summed E-state index contributed by atoms with van der Waals surface area (Å²) in [7, 11) is 0. The third-order valence-electron chi connectivity index (χ3n) is 11.3. The number of carboxylic acids is 1. The molecule has 170 valence electrons. The van der Waals surface area contributed by atoms with Crippen molar-refractivity contribution in [2.75, 3.05) is 0 Å². The van der Waals surface area contributed by atoms with E-state index in [9.17, 15) is 15.0 Å². The third-order valence-corrected chi connectivity index (χ3v) is 11.3. The van der Waals surface area contributed by atoms with Crippen LogP contribution in [0.5, 0.6) is 0 Å². The minimum absolute atomic E-state index is 0.00323. The van der Waals surface area contributed by atoms with E-state index in [2.05, 4.69) is 41.5 Å². The molecule has 3 nitrogen and oxygen atoms in total. The largest absolute Gasteiger partial charge is 0.481 e. The number of aliphatic hydroxyl groups is 1. The second kappa shape index (κ2) is 7.09. The van der Waals surface area contributed by atoms with Crippen LogP contribution in [0.2, 0.25) is 0 Å². The first kappa shape index (κ1) is 22.4. The van der Waals surface area contributed by atoms with E-state index in [-0.39, 0.29) is 27.8 Å². The third kappa shape index (κ3) is 2.90. The van der Waals surface area contributed by atoms with Gasteiger partial charge in [0, 0.05) is 6.42 Å². The Kier molecular flexibility index (Phi) is 5.28. The van der Waals surface area contributed by atoms with E-state index in [1.807, 2.05) is 0 Å². The molecule has 0 aromatic rings. The van der Waals surface area contributed by atoms with Crippen molar-refractivity contribution in [3.63, 3.8) is 0 Å². The van der Waals surface area contributed by atoms with Gasteiger partial charge in [-0.1, -0.05) is 52.7 Å². The minimum atomic E-state index is -0.658.